The molecular weight excluding hydrogens is 1040 g/mol. The van der Waals surface area contributed by atoms with Gasteiger partial charge in [0.25, 0.3) is 0 Å². The largest absolute Gasteiger partial charge is 0.368 e. The van der Waals surface area contributed by atoms with E-state index in [0.29, 0.717) is 59.7 Å². The Labute approximate surface area is 465 Å². The summed E-state index contributed by atoms with van der Waals surface area (Å²) in [5.74, 6) is -6.34. The van der Waals surface area contributed by atoms with Crippen LogP contribution in [-0.4, -0.2) is 149 Å². The molecule has 1 aromatic carbocycles. The second-order valence-electron chi connectivity index (χ2n) is 21.1. The quantitative estimate of drug-likeness (QED) is 0.118. The molecule has 5 rings (SSSR count). The summed E-state index contributed by atoms with van der Waals surface area (Å²) in [6.45, 7) is 10.9. The summed E-state index contributed by atoms with van der Waals surface area (Å²) in [5, 5.41) is 24.3. The van der Waals surface area contributed by atoms with Gasteiger partial charge in [-0.25, -0.2) is 0 Å². The number of hydrogen-bond acceptors (Lipinski definition) is 14. The standard InChI is InChI=1S/C54H80N12O10S2/c1-7-8-17-36-54(76)66-21-14-19-42(66)52(75)57-27-44(67)58-32(6)46(69)62-40(24-33-15-10-9-11-16-33)50(73)61-37(45(56)68)25-34-26-43(77-28-34)53-65-41(29-78-53)51(74)64-39(23-31(4)5)49(72)63-38(22-30(2)3)48(71)59-35(47(70)60-36)18-12-13-20-55/h9-11,15-16,26,28,30-32,35-42H,7-8,12-14,17-25,27,29,55H2,1-6H3,(H2,56,68)(H,57,75)(H,58,67)(H,59,71)(H,60,70)(H,61,73)(H,62,69)(H,63,72)(H,64,74)/t32-,35-,36-,37-,38?,39-,40-,41-,42-/m0/s1. The molecule has 428 valence electrons. The molecule has 3 aliphatic heterocycles. The molecule has 0 saturated carbocycles. The number of unbranched alkanes of at least 4 members (excludes halogenated alkanes) is 2. The van der Waals surface area contributed by atoms with Crippen LogP contribution in [0.15, 0.2) is 46.8 Å². The highest BCUT2D eigenvalue weighted by Crippen LogP contribution is 2.29. The number of amides is 10. The molecule has 12 N–H and O–H groups in total. The molecule has 10 amide bonds. The van der Waals surface area contributed by atoms with Crippen LogP contribution in [0.25, 0.3) is 0 Å². The Morgan fingerprint density at radius 1 is 0.731 bits per heavy atom. The molecule has 1 fully saturated rings. The van der Waals surface area contributed by atoms with Crippen LogP contribution in [0.2, 0.25) is 0 Å². The summed E-state index contributed by atoms with van der Waals surface area (Å²) in [6, 6.07) is 0.808. The average molecular weight is 1120 g/mol. The van der Waals surface area contributed by atoms with Crippen molar-refractivity contribution in [3.8, 4) is 0 Å². The van der Waals surface area contributed by atoms with E-state index in [2.05, 4.69) is 42.5 Å². The summed E-state index contributed by atoms with van der Waals surface area (Å²) >= 11 is 2.66. The molecule has 1 unspecified atom stereocenters. The lowest BCUT2D eigenvalue weighted by atomic mass is 9.99. The minimum Gasteiger partial charge on any atom is -0.368 e. The van der Waals surface area contributed by atoms with E-state index >= 15 is 0 Å². The molecule has 4 bridgehead atoms. The van der Waals surface area contributed by atoms with E-state index in [-0.39, 0.29) is 69.1 Å². The number of fused-ring (bicyclic) bond motifs is 5. The number of thiophene rings is 1. The smallest absolute Gasteiger partial charge is 0.246 e. The van der Waals surface area contributed by atoms with Gasteiger partial charge in [-0.05, 0) is 99.2 Å². The fraction of sp³-hybridized carbons (Fsp3) is 0.611. The average Bonchev–Trinajstić information content (AvgIpc) is 4.20. The summed E-state index contributed by atoms with van der Waals surface area (Å²) in [6.07, 6.45) is 3.79. The van der Waals surface area contributed by atoms with Gasteiger partial charge in [-0.1, -0.05) is 77.8 Å². The topological polar surface area (TPSA) is 335 Å². The fourth-order valence-electron chi connectivity index (χ4n) is 9.39. The number of aliphatic imine (C=N–C) groups is 1. The number of hydrogen-bond donors (Lipinski definition) is 10. The molecule has 0 spiro atoms. The van der Waals surface area contributed by atoms with Gasteiger partial charge < -0.3 is 58.9 Å². The zero-order valence-electron chi connectivity index (χ0n) is 45.7. The molecular formula is C54H80N12O10S2. The van der Waals surface area contributed by atoms with Gasteiger partial charge in [-0.2, -0.15) is 0 Å². The first-order valence-corrected chi connectivity index (χ1v) is 29.1. The maximum Gasteiger partial charge on any atom is 0.246 e. The first-order valence-electron chi connectivity index (χ1n) is 27.2. The van der Waals surface area contributed by atoms with Crippen molar-refractivity contribution in [1.82, 2.24) is 47.4 Å². The Balaban J connectivity index is 1.47. The van der Waals surface area contributed by atoms with Gasteiger partial charge in [0, 0.05) is 25.1 Å². The van der Waals surface area contributed by atoms with Gasteiger partial charge in [0.1, 0.15) is 59.4 Å². The Morgan fingerprint density at radius 2 is 1.33 bits per heavy atom. The number of benzene rings is 1. The Kier molecular flexibility index (Phi) is 24.6. The number of carbonyl (C=O) groups excluding carboxylic acids is 10. The van der Waals surface area contributed by atoms with E-state index in [1.54, 1.807) is 41.8 Å². The van der Waals surface area contributed by atoms with Crippen LogP contribution in [0.5, 0.6) is 0 Å². The first-order chi connectivity index (χ1) is 37.2. The zero-order valence-corrected chi connectivity index (χ0v) is 47.3. The Bertz CT molecular complexity index is 2470. The third kappa shape index (κ3) is 18.9. The Hall–Kier alpha value is -6.40. The lowest BCUT2D eigenvalue weighted by molar-refractivity contribution is -0.142. The third-order valence-electron chi connectivity index (χ3n) is 13.6. The van der Waals surface area contributed by atoms with Gasteiger partial charge in [0.2, 0.25) is 59.1 Å². The van der Waals surface area contributed by atoms with E-state index in [4.69, 9.17) is 16.5 Å². The van der Waals surface area contributed by atoms with Crippen molar-refractivity contribution >= 4 is 87.2 Å². The lowest BCUT2D eigenvalue weighted by Crippen LogP contribution is -2.59. The van der Waals surface area contributed by atoms with Crippen molar-refractivity contribution in [3.63, 3.8) is 0 Å². The fourth-order valence-corrected chi connectivity index (χ4v) is 11.5. The van der Waals surface area contributed by atoms with Crippen molar-refractivity contribution in [2.24, 2.45) is 28.3 Å². The van der Waals surface area contributed by atoms with Gasteiger partial charge in [-0.15, -0.1) is 23.1 Å². The Morgan fingerprint density at radius 3 is 1.97 bits per heavy atom. The molecule has 78 heavy (non-hydrogen) atoms. The number of thioether (sulfide) groups is 1. The number of carbonyl (C=O) groups is 10. The first kappa shape index (κ1) is 62.4. The van der Waals surface area contributed by atoms with Crippen molar-refractivity contribution in [2.75, 3.05) is 25.4 Å². The van der Waals surface area contributed by atoms with Crippen LogP contribution in [-0.2, 0) is 60.8 Å². The van der Waals surface area contributed by atoms with Crippen molar-refractivity contribution in [2.45, 2.75) is 173 Å². The van der Waals surface area contributed by atoms with Gasteiger partial charge in [0.15, 0.2) is 0 Å². The molecule has 4 heterocycles. The molecule has 2 aromatic rings. The predicted octanol–water partition coefficient (Wildman–Crippen LogP) is 0.826. The van der Waals surface area contributed by atoms with Crippen LogP contribution in [0.4, 0.5) is 0 Å². The summed E-state index contributed by atoms with van der Waals surface area (Å²) in [4.78, 5) is 146. The van der Waals surface area contributed by atoms with E-state index in [0.717, 1.165) is 0 Å². The van der Waals surface area contributed by atoms with E-state index in [1.165, 1.54) is 34.9 Å². The van der Waals surface area contributed by atoms with Crippen LogP contribution in [0, 0.1) is 11.8 Å². The highest BCUT2D eigenvalue weighted by atomic mass is 32.2. The summed E-state index contributed by atoms with van der Waals surface area (Å²) < 4.78 is 0. The minimum atomic E-state index is -1.22. The van der Waals surface area contributed by atoms with E-state index in [1.807, 2.05) is 34.6 Å². The maximum absolute atomic E-state index is 14.4. The molecule has 1 saturated heterocycles. The molecule has 9 atom stereocenters. The molecule has 1 aromatic heterocycles. The maximum atomic E-state index is 14.4. The SMILES string of the molecule is CCCC[C@@H]1NC(=O)[C@H](CCCCN)NC(=O)C(CC(C)C)NC(=O)[C@H](CC(C)C)NC(=O)[C@@H]2CSC(=N2)c2cc(cs2)C[C@@H](C(N)=O)NC(=O)[C@H](Cc2ccccc2)NC(=O)[C@H](C)NC(=O)CNC(=O)[C@@H]2CCCN2C1=O. The third-order valence-corrected chi connectivity index (χ3v) is 15.8. The molecule has 0 radical (unpaired) electrons. The molecule has 24 heteroatoms. The number of primary amides is 1. The van der Waals surface area contributed by atoms with Crippen LogP contribution in [0.3, 0.4) is 0 Å². The number of nitrogens with one attached hydrogen (secondary N) is 8. The van der Waals surface area contributed by atoms with Crippen LogP contribution < -0.4 is 54.0 Å². The van der Waals surface area contributed by atoms with Crippen molar-refractivity contribution < 1.29 is 47.9 Å². The van der Waals surface area contributed by atoms with Gasteiger partial charge in [-0.3, -0.25) is 52.9 Å². The normalized spacial score (nSPS) is 26.1. The van der Waals surface area contributed by atoms with E-state index < -0.39 is 120 Å². The molecule has 22 nitrogen and oxygen atoms in total. The van der Waals surface area contributed by atoms with Crippen molar-refractivity contribution in [3.05, 3.63) is 57.8 Å². The highest BCUT2D eigenvalue weighted by Gasteiger charge is 2.40. The molecule has 3 aliphatic rings. The predicted molar refractivity (Wildman–Crippen MR) is 298 cm³/mol. The van der Waals surface area contributed by atoms with Crippen LogP contribution in [0.1, 0.15) is 122 Å². The lowest BCUT2D eigenvalue weighted by Gasteiger charge is -2.30. The monoisotopic (exact) mass is 1120 g/mol. The minimum absolute atomic E-state index is 0.0141. The second-order valence-corrected chi connectivity index (χ2v) is 23.0. The second kappa shape index (κ2) is 30.7. The number of nitrogens with two attached hydrogens (primary N) is 2. The highest BCUT2D eigenvalue weighted by molar-refractivity contribution is 8.15. The summed E-state index contributed by atoms with van der Waals surface area (Å²) in [5.41, 5.74) is 13.0. The van der Waals surface area contributed by atoms with Gasteiger partial charge >= 0.3 is 0 Å². The zero-order chi connectivity index (χ0) is 57.1. The number of nitrogens with zero attached hydrogens (tertiary/aromatic N) is 2. The van der Waals surface area contributed by atoms with Crippen LogP contribution >= 0.6 is 23.1 Å². The number of rotatable bonds is 14. The van der Waals surface area contributed by atoms with E-state index in [9.17, 15) is 47.9 Å². The van der Waals surface area contributed by atoms with Gasteiger partial charge in [0.05, 0.1) is 11.4 Å². The molecule has 0 aliphatic carbocycles. The van der Waals surface area contributed by atoms with Crippen molar-refractivity contribution in [1.29, 1.82) is 0 Å². The summed E-state index contributed by atoms with van der Waals surface area (Å²) in [7, 11) is 0.